The summed E-state index contributed by atoms with van der Waals surface area (Å²) in [7, 11) is 0. The molecule has 1 atom stereocenters. The highest BCUT2D eigenvalue weighted by Crippen LogP contribution is 2.24. The molecular weight excluding hydrogens is 376 g/mol. The summed E-state index contributed by atoms with van der Waals surface area (Å²) in [6.45, 7) is 5.66. The van der Waals surface area contributed by atoms with E-state index in [1.54, 1.807) is 12.3 Å². The SMILES string of the molecule is Cc1cc(/C=C(/C#N)C(=O)Nc2cccc3ncccc23)c(C)n1CC1CCCO1. The maximum atomic E-state index is 12.8. The lowest BCUT2D eigenvalue weighted by Gasteiger charge is -2.14. The van der Waals surface area contributed by atoms with Crippen LogP contribution in [0.4, 0.5) is 5.69 Å². The van der Waals surface area contributed by atoms with Gasteiger partial charge in [-0.25, -0.2) is 0 Å². The van der Waals surface area contributed by atoms with Gasteiger partial charge in [-0.1, -0.05) is 6.07 Å². The highest BCUT2D eigenvalue weighted by atomic mass is 16.5. The second-order valence-electron chi connectivity index (χ2n) is 7.57. The molecular formula is C24H24N4O2. The summed E-state index contributed by atoms with van der Waals surface area (Å²) in [5.41, 5.74) is 4.47. The molecule has 0 saturated carbocycles. The van der Waals surface area contributed by atoms with Gasteiger partial charge in [-0.3, -0.25) is 9.78 Å². The molecule has 1 fully saturated rings. The van der Waals surface area contributed by atoms with Crippen molar-refractivity contribution in [2.75, 3.05) is 11.9 Å². The normalized spacial score (nSPS) is 16.6. The van der Waals surface area contributed by atoms with Gasteiger partial charge in [-0.2, -0.15) is 5.26 Å². The zero-order valence-corrected chi connectivity index (χ0v) is 17.2. The van der Waals surface area contributed by atoms with Gasteiger partial charge in [0.2, 0.25) is 0 Å². The molecule has 4 rings (SSSR count). The van der Waals surface area contributed by atoms with E-state index in [0.29, 0.717) is 5.69 Å². The van der Waals surface area contributed by atoms with Crippen molar-refractivity contribution in [3.05, 3.63) is 65.1 Å². The number of nitriles is 1. The number of amides is 1. The molecule has 6 heteroatoms. The fourth-order valence-electron chi connectivity index (χ4n) is 3.95. The molecule has 30 heavy (non-hydrogen) atoms. The lowest BCUT2D eigenvalue weighted by molar-refractivity contribution is -0.112. The minimum Gasteiger partial charge on any atom is -0.376 e. The first-order valence-corrected chi connectivity index (χ1v) is 10.1. The number of aromatic nitrogens is 2. The van der Waals surface area contributed by atoms with Crippen LogP contribution in [0, 0.1) is 25.2 Å². The van der Waals surface area contributed by atoms with E-state index in [0.717, 1.165) is 53.8 Å². The van der Waals surface area contributed by atoms with Crippen LogP contribution in [0.3, 0.4) is 0 Å². The van der Waals surface area contributed by atoms with E-state index in [1.165, 1.54) is 0 Å². The lowest BCUT2D eigenvalue weighted by Crippen LogP contribution is -2.17. The number of pyridine rings is 1. The van der Waals surface area contributed by atoms with Crippen molar-refractivity contribution in [1.82, 2.24) is 9.55 Å². The van der Waals surface area contributed by atoms with Gasteiger partial charge in [0, 0.05) is 36.1 Å². The number of rotatable bonds is 5. The van der Waals surface area contributed by atoms with Crippen LogP contribution >= 0.6 is 0 Å². The Kier molecular flexibility index (Phi) is 5.64. The van der Waals surface area contributed by atoms with Gasteiger partial charge in [-0.15, -0.1) is 0 Å². The first kappa shape index (κ1) is 19.9. The monoisotopic (exact) mass is 400 g/mol. The highest BCUT2D eigenvalue weighted by Gasteiger charge is 2.19. The zero-order chi connectivity index (χ0) is 21.1. The Hall–Kier alpha value is -3.43. The Morgan fingerprint density at radius 3 is 3.00 bits per heavy atom. The van der Waals surface area contributed by atoms with Crippen molar-refractivity contribution >= 4 is 28.6 Å². The summed E-state index contributed by atoms with van der Waals surface area (Å²) in [4.78, 5) is 17.1. The summed E-state index contributed by atoms with van der Waals surface area (Å²) in [5, 5.41) is 13.3. The molecule has 3 aromatic rings. The van der Waals surface area contributed by atoms with Crippen LogP contribution in [-0.4, -0.2) is 28.2 Å². The quantitative estimate of drug-likeness (QED) is 0.509. The fraction of sp³-hybridized carbons (Fsp3) is 0.292. The van der Waals surface area contributed by atoms with Crippen molar-refractivity contribution in [3.8, 4) is 6.07 Å². The molecule has 0 spiro atoms. The van der Waals surface area contributed by atoms with Crippen molar-refractivity contribution in [1.29, 1.82) is 5.26 Å². The standard InChI is InChI=1S/C24H24N4O2/c1-16-12-18(17(2)28(16)15-20-6-5-11-30-20)13-19(14-25)24(29)27-23-9-3-8-22-21(23)7-4-10-26-22/h3-4,7-10,12-13,20H,5-6,11,15H2,1-2H3,(H,27,29)/b19-13-. The number of hydrogen-bond acceptors (Lipinski definition) is 4. The smallest absolute Gasteiger partial charge is 0.266 e. The van der Waals surface area contributed by atoms with Crippen molar-refractivity contribution < 1.29 is 9.53 Å². The molecule has 6 nitrogen and oxygen atoms in total. The molecule has 1 aromatic carbocycles. The summed E-state index contributed by atoms with van der Waals surface area (Å²) in [5.74, 6) is -0.433. The van der Waals surface area contributed by atoms with Crippen LogP contribution in [0.15, 0.2) is 48.2 Å². The number of aryl methyl sites for hydroxylation is 1. The number of ether oxygens (including phenoxy) is 1. The second-order valence-corrected chi connectivity index (χ2v) is 7.57. The largest absolute Gasteiger partial charge is 0.376 e. The van der Waals surface area contributed by atoms with E-state index in [4.69, 9.17) is 4.74 Å². The summed E-state index contributed by atoms with van der Waals surface area (Å²) >= 11 is 0. The zero-order valence-electron chi connectivity index (χ0n) is 17.2. The minimum absolute atomic E-state index is 0.0632. The topological polar surface area (TPSA) is 79.9 Å². The summed E-state index contributed by atoms with van der Waals surface area (Å²) < 4.78 is 7.96. The van der Waals surface area contributed by atoms with Crippen molar-refractivity contribution in [2.45, 2.75) is 39.3 Å². The number of hydrogen-bond donors (Lipinski definition) is 1. The fourth-order valence-corrected chi connectivity index (χ4v) is 3.95. The van der Waals surface area contributed by atoms with Crippen molar-refractivity contribution in [3.63, 3.8) is 0 Å². The number of nitrogens with one attached hydrogen (secondary N) is 1. The highest BCUT2D eigenvalue weighted by molar-refractivity contribution is 6.12. The van der Waals surface area contributed by atoms with Gasteiger partial charge in [0.25, 0.3) is 5.91 Å². The second kappa shape index (κ2) is 8.52. The minimum atomic E-state index is -0.433. The Morgan fingerprint density at radius 1 is 1.37 bits per heavy atom. The molecule has 1 unspecified atom stereocenters. The molecule has 1 N–H and O–H groups in total. The molecule has 2 aromatic heterocycles. The molecule has 0 aliphatic carbocycles. The summed E-state index contributed by atoms with van der Waals surface area (Å²) in [6, 6.07) is 13.3. The number of carbonyl (C=O) groups excluding carboxylic acids is 1. The van der Waals surface area contributed by atoms with Gasteiger partial charge in [0.1, 0.15) is 11.6 Å². The predicted octanol–water partition coefficient (Wildman–Crippen LogP) is 4.38. The maximum absolute atomic E-state index is 12.8. The maximum Gasteiger partial charge on any atom is 0.266 e. The van der Waals surface area contributed by atoms with Crippen molar-refractivity contribution in [2.24, 2.45) is 0 Å². The van der Waals surface area contributed by atoms with Crippen LogP contribution in [0.1, 0.15) is 29.8 Å². The van der Waals surface area contributed by atoms with Crippen LogP contribution in [0.2, 0.25) is 0 Å². The van der Waals surface area contributed by atoms with Gasteiger partial charge in [0.05, 0.1) is 17.3 Å². The van der Waals surface area contributed by atoms with E-state index in [2.05, 4.69) is 14.9 Å². The molecule has 1 amide bonds. The third-order valence-electron chi connectivity index (χ3n) is 5.58. The third-order valence-corrected chi connectivity index (χ3v) is 5.58. The molecule has 1 saturated heterocycles. The molecule has 3 heterocycles. The average molecular weight is 400 g/mol. The summed E-state index contributed by atoms with van der Waals surface area (Å²) in [6.07, 6.45) is 5.76. The van der Waals surface area contributed by atoms with E-state index in [1.807, 2.05) is 56.3 Å². The molecule has 1 aliphatic rings. The van der Waals surface area contributed by atoms with Gasteiger partial charge in [-0.05, 0) is 68.7 Å². The lowest BCUT2D eigenvalue weighted by atomic mass is 10.1. The van der Waals surface area contributed by atoms with Gasteiger partial charge >= 0.3 is 0 Å². The number of benzene rings is 1. The van der Waals surface area contributed by atoms with Crippen LogP contribution in [0.25, 0.3) is 17.0 Å². The third kappa shape index (κ3) is 3.98. The Morgan fingerprint density at radius 2 is 2.23 bits per heavy atom. The van der Waals surface area contributed by atoms with Crippen LogP contribution in [0.5, 0.6) is 0 Å². The molecule has 1 aliphatic heterocycles. The average Bonchev–Trinajstić information content (AvgIpc) is 3.36. The number of carbonyl (C=O) groups is 1. The first-order valence-electron chi connectivity index (χ1n) is 10.1. The molecule has 0 bridgehead atoms. The Labute approximate surface area is 175 Å². The van der Waals surface area contributed by atoms with Gasteiger partial charge in [0.15, 0.2) is 0 Å². The predicted molar refractivity (Wildman–Crippen MR) is 117 cm³/mol. The van der Waals surface area contributed by atoms with E-state index >= 15 is 0 Å². The van der Waals surface area contributed by atoms with E-state index < -0.39 is 5.91 Å². The number of anilines is 1. The number of nitrogens with zero attached hydrogens (tertiary/aromatic N) is 3. The first-order chi connectivity index (χ1) is 14.6. The Balaban J connectivity index is 1.59. The van der Waals surface area contributed by atoms with Crippen LogP contribution in [-0.2, 0) is 16.1 Å². The Bertz CT molecular complexity index is 1160. The molecule has 152 valence electrons. The number of fused-ring (bicyclic) bond motifs is 1. The molecule has 0 radical (unpaired) electrons. The van der Waals surface area contributed by atoms with E-state index in [-0.39, 0.29) is 11.7 Å². The van der Waals surface area contributed by atoms with Gasteiger partial charge < -0.3 is 14.6 Å². The van der Waals surface area contributed by atoms with Crippen LogP contribution < -0.4 is 5.32 Å². The van der Waals surface area contributed by atoms with E-state index in [9.17, 15) is 10.1 Å².